The van der Waals surface area contributed by atoms with E-state index in [2.05, 4.69) is 48.2 Å². The molecule has 0 bridgehead atoms. The summed E-state index contributed by atoms with van der Waals surface area (Å²) in [5.74, 6) is 0. The van der Waals surface area contributed by atoms with E-state index in [0.29, 0.717) is 18.7 Å². The monoisotopic (exact) mass is 347 g/mol. The third-order valence-corrected chi connectivity index (χ3v) is 2.99. The van der Waals surface area contributed by atoms with Crippen molar-refractivity contribution in [3.63, 3.8) is 0 Å². The van der Waals surface area contributed by atoms with E-state index >= 15 is 0 Å². The largest absolute Gasteiger partial charge is 0.396 e. The van der Waals surface area contributed by atoms with Crippen molar-refractivity contribution in [2.75, 3.05) is 13.2 Å². The molecule has 0 saturated heterocycles. The fourth-order valence-electron chi connectivity index (χ4n) is 1.17. The van der Waals surface area contributed by atoms with Gasteiger partial charge in [-0.3, -0.25) is 10.3 Å². The van der Waals surface area contributed by atoms with Gasteiger partial charge in [-0.1, -0.05) is 0 Å². The number of nitriles is 1. The van der Waals surface area contributed by atoms with Gasteiger partial charge in [0.25, 0.3) is 0 Å². The van der Waals surface area contributed by atoms with Crippen LogP contribution >= 0.6 is 31.9 Å². The van der Waals surface area contributed by atoms with E-state index in [9.17, 15) is 0 Å². The Morgan fingerprint density at radius 2 is 2.31 bits per heavy atom. The normalized spacial score (nSPS) is 12.1. The molecule has 86 valence electrons. The molecule has 16 heavy (non-hydrogen) atoms. The second-order valence-corrected chi connectivity index (χ2v) is 4.88. The van der Waals surface area contributed by atoms with Gasteiger partial charge in [-0.05, 0) is 50.9 Å². The molecule has 1 unspecified atom stereocenters. The topological polar surface area (TPSA) is 68.9 Å². The average molecular weight is 349 g/mol. The molecule has 0 spiro atoms. The molecule has 1 aromatic rings. The fraction of sp³-hybridized carbons (Fsp3) is 0.400. The van der Waals surface area contributed by atoms with Gasteiger partial charge in [-0.25, -0.2) is 0 Å². The minimum Gasteiger partial charge on any atom is -0.396 e. The second-order valence-electron chi connectivity index (χ2n) is 3.11. The van der Waals surface area contributed by atoms with Crippen LogP contribution in [0.1, 0.15) is 18.2 Å². The molecule has 1 heterocycles. The van der Waals surface area contributed by atoms with E-state index in [-0.39, 0.29) is 6.61 Å². The van der Waals surface area contributed by atoms with Gasteiger partial charge in [0.1, 0.15) is 6.04 Å². The van der Waals surface area contributed by atoms with Crippen LogP contribution in [0, 0.1) is 11.3 Å². The number of rotatable bonds is 5. The van der Waals surface area contributed by atoms with E-state index in [1.54, 1.807) is 6.20 Å². The van der Waals surface area contributed by atoms with Crippen LogP contribution in [0.4, 0.5) is 0 Å². The summed E-state index contributed by atoms with van der Waals surface area (Å²) >= 11 is 6.67. The zero-order valence-corrected chi connectivity index (χ0v) is 11.6. The minimum absolute atomic E-state index is 0.111. The molecule has 4 nitrogen and oxygen atoms in total. The van der Waals surface area contributed by atoms with Gasteiger partial charge in [0, 0.05) is 21.7 Å². The summed E-state index contributed by atoms with van der Waals surface area (Å²) in [4.78, 5) is 4.19. The van der Waals surface area contributed by atoms with Gasteiger partial charge in [-0.2, -0.15) is 5.26 Å². The number of pyridine rings is 1. The molecule has 1 rings (SSSR count). The van der Waals surface area contributed by atoms with Crippen molar-refractivity contribution in [3.8, 4) is 6.07 Å². The molecule has 1 atom stereocenters. The predicted octanol–water partition coefficient (Wildman–Crippen LogP) is 2.14. The van der Waals surface area contributed by atoms with Crippen molar-refractivity contribution in [2.24, 2.45) is 0 Å². The molecule has 6 heteroatoms. The number of nitrogens with zero attached hydrogens (tertiary/aromatic N) is 2. The molecule has 0 aliphatic rings. The quantitative estimate of drug-likeness (QED) is 0.800. The first-order chi connectivity index (χ1) is 7.69. The highest BCUT2D eigenvalue weighted by molar-refractivity contribution is 9.11. The second kappa shape index (κ2) is 6.97. The maximum Gasteiger partial charge on any atom is 0.139 e. The Labute approximate surface area is 111 Å². The van der Waals surface area contributed by atoms with Crippen LogP contribution in [0.5, 0.6) is 0 Å². The van der Waals surface area contributed by atoms with Crippen molar-refractivity contribution in [1.29, 1.82) is 5.26 Å². The molecular weight excluding hydrogens is 338 g/mol. The maximum atomic E-state index is 9.02. The lowest BCUT2D eigenvalue weighted by Gasteiger charge is -2.12. The summed E-state index contributed by atoms with van der Waals surface area (Å²) in [7, 11) is 0. The first-order valence-corrected chi connectivity index (χ1v) is 6.32. The molecule has 0 aliphatic carbocycles. The molecule has 0 radical (unpaired) electrons. The van der Waals surface area contributed by atoms with Crippen LogP contribution in [0.15, 0.2) is 21.2 Å². The summed E-state index contributed by atoms with van der Waals surface area (Å²) in [6.45, 7) is 0.693. The SMILES string of the molecule is N#CC(NCCCO)c1ncc(Br)cc1Br. The highest BCUT2D eigenvalue weighted by Gasteiger charge is 2.14. The van der Waals surface area contributed by atoms with E-state index in [1.165, 1.54) is 0 Å². The van der Waals surface area contributed by atoms with Crippen LogP contribution in [0.3, 0.4) is 0 Å². The summed E-state index contributed by atoms with van der Waals surface area (Å²) < 4.78 is 1.64. The Hall–Kier alpha value is -0.480. The molecule has 0 aliphatic heterocycles. The third kappa shape index (κ3) is 3.83. The Morgan fingerprint density at radius 3 is 2.88 bits per heavy atom. The number of aromatic nitrogens is 1. The van der Waals surface area contributed by atoms with Gasteiger partial charge >= 0.3 is 0 Å². The summed E-state index contributed by atoms with van der Waals surface area (Å²) in [6, 6.07) is 3.52. The zero-order valence-electron chi connectivity index (χ0n) is 8.45. The molecular formula is C10H11Br2N3O. The summed E-state index contributed by atoms with van der Waals surface area (Å²) in [6.07, 6.45) is 2.27. The van der Waals surface area contributed by atoms with Crippen molar-refractivity contribution < 1.29 is 5.11 Å². The number of nitrogens with one attached hydrogen (secondary N) is 1. The lowest BCUT2D eigenvalue weighted by Crippen LogP contribution is -2.23. The lowest BCUT2D eigenvalue weighted by molar-refractivity contribution is 0.285. The number of halogens is 2. The van der Waals surface area contributed by atoms with Gasteiger partial charge in [-0.15, -0.1) is 0 Å². The number of aliphatic hydroxyl groups excluding tert-OH is 1. The van der Waals surface area contributed by atoms with E-state index in [4.69, 9.17) is 10.4 Å². The third-order valence-electron chi connectivity index (χ3n) is 1.92. The lowest BCUT2D eigenvalue weighted by atomic mass is 10.2. The van der Waals surface area contributed by atoms with Crippen LogP contribution in [-0.2, 0) is 0 Å². The highest BCUT2D eigenvalue weighted by Crippen LogP contribution is 2.24. The molecule has 1 aromatic heterocycles. The number of hydrogen-bond donors (Lipinski definition) is 2. The Balaban J connectivity index is 2.76. The molecule has 2 N–H and O–H groups in total. The maximum absolute atomic E-state index is 9.02. The predicted molar refractivity (Wildman–Crippen MR) is 67.7 cm³/mol. The van der Waals surface area contributed by atoms with E-state index in [0.717, 1.165) is 8.95 Å². The fourth-order valence-corrected chi connectivity index (χ4v) is 2.38. The Morgan fingerprint density at radius 1 is 1.56 bits per heavy atom. The van der Waals surface area contributed by atoms with Crippen molar-refractivity contribution >= 4 is 31.9 Å². The van der Waals surface area contributed by atoms with Crippen LogP contribution in [-0.4, -0.2) is 23.2 Å². The van der Waals surface area contributed by atoms with Crippen molar-refractivity contribution in [1.82, 2.24) is 10.3 Å². The first kappa shape index (κ1) is 13.6. The molecule has 0 amide bonds. The van der Waals surface area contributed by atoms with Crippen LogP contribution < -0.4 is 5.32 Å². The van der Waals surface area contributed by atoms with Crippen LogP contribution in [0.2, 0.25) is 0 Å². The van der Waals surface area contributed by atoms with E-state index < -0.39 is 6.04 Å². The standard InChI is InChI=1S/C10H11Br2N3O/c11-7-4-8(12)10(15-6-7)9(5-13)14-2-1-3-16/h4,6,9,14,16H,1-3H2. The molecule has 0 fully saturated rings. The van der Waals surface area contributed by atoms with Gasteiger partial charge in [0.15, 0.2) is 0 Å². The Kier molecular flexibility index (Phi) is 5.91. The Bertz CT molecular complexity index is 392. The number of aliphatic hydroxyl groups is 1. The van der Waals surface area contributed by atoms with Crippen molar-refractivity contribution in [3.05, 3.63) is 26.9 Å². The highest BCUT2D eigenvalue weighted by atomic mass is 79.9. The first-order valence-electron chi connectivity index (χ1n) is 4.74. The van der Waals surface area contributed by atoms with E-state index in [1.807, 2.05) is 6.07 Å². The smallest absolute Gasteiger partial charge is 0.139 e. The molecule has 0 aromatic carbocycles. The summed E-state index contributed by atoms with van der Waals surface area (Å²) in [5.41, 5.74) is 0.656. The van der Waals surface area contributed by atoms with Crippen molar-refractivity contribution in [2.45, 2.75) is 12.5 Å². The average Bonchev–Trinajstić information content (AvgIpc) is 2.26. The van der Waals surface area contributed by atoms with Gasteiger partial charge in [0.2, 0.25) is 0 Å². The molecule has 0 saturated carbocycles. The zero-order chi connectivity index (χ0) is 12.0. The van der Waals surface area contributed by atoms with Crippen LogP contribution in [0.25, 0.3) is 0 Å². The minimum atomic E-state index is -0.464. The van der Waals surface area contributed by atoms with Gasteiger partial charge in [0.05, 0.1) is 11.8 Å². The number of hydrogen-bond acceptors (Lipinski definition) is 4. The summed E-state index contributed by atoms with van der Waals surface area (Å²) in [5, 5.41) is 20.7. The van der Waals surface area contributed by atoms with Gasteiger partial charge < -0.3 is 5.11 Å².